The zero-order valence-electron chi connectivity index (χ0n) is 10.8. The van der Waals surface area contributed by atoms with E-state index in [-0.39, 0.29) is 0 Å². The van der Waals surface area contributed by atoms with Gasteiger partial charge >= 0.3 is 0 Å². The maximum atomic E-state index is 10.2. The fourth-order valence-electron chi connectivity index (χ4n) is 1.95. The molecule has 3 rings (SSSR count). The molecule has 1 atom stereocenters. The molecule has 0 bridgehead atoms. The van der Waals surface area contributed by atoms with Gasteiger partial charge in [-0.15, -0.1) is 11.3 Å². The van der Waals surface area contributed by atoms with Crippen molar-refractivity contribution in [3.05, 3.63) is 82.6 Å². The number of rotatable bonds is 4. The summed E-state index contributed by atoms with van der Waals surface area (Å²) in [5, 5.41) is 12.2. The van der Waals surface area contributed by atoms with Gasteiger partial charge in [0.2, 0.25) is 0 Å². The molecule has 0 saturated carbocycles. The van der Waals surface area contributed by atoms with Crippen LogP contribution in [-0.4, -0.2) is 5.11 Å². The van der Waals surface area contributed by atoms with Crippen LogP contribution in [0.3, 0.4) is 0 Å². The lowest BCUT2D eigenvalue weighted by Gasteiger charge is -2.10. The number of benzene rings is 2. The standard InChI is InChI=1S/C17H14O2S/c18-17(16-7-4-12-20-16)13-8-10-15(11-9-13)19-14-5-2-1-3-6-14/h1-12,17-18H/t17-/m0/s1. The van der Waals surface area contributed by atoms with E-state index >= 15 is 0 Å². The summed E-state index contributed by atoms with van der Waals surface area (Å²) < 4.78 is 5.72. The molecule has 100 valence electrons. The molecule has 0 aliphatic carbocycles. The van der Waals surface area contributed by atoms with Crippen molar-refractivity contribution in [2.75, 3.05) is 0 Å². The van der Waals surface area contributed by atoms with Crippen molar-refractivity contribution in [3.63, 3.8) is 0 Å². The number of ether oxygens (including phenoxy) is 1. The van der Waals surface area contributed by atoms with Crippen LogP contribution in [0.4, 0.5) is 0 Å². The van der Waals surface area contributed by atoms with Gasteiger partial charge in [-0.05, 0) is 41.3 Å². The number of thiophene rings is 1. The smallest absolute Gasteiger partial charge is 0.127 e. The topological polar surface area (TPSA) is 29.5 Å². The maximum absolute atomic E-state index is 10.2. The first-order valence-electron chi connectivity index (χ1n) is 6.37. The number of aliphatic hydroxyl groups is 1. The number of para-hydroxylation sites is 1. The average molecular weight is 282 g/mol. The summed E-state index contributed by atoms with van der Waals surface area (Å²) in [6.07, 6.45) is -0.569. The molecule has 0 radical (unpaired) electrons. The van der Waals surface area contributed by atoms with E-state index in [2.05, 4.69) is 0 Å². The van der Waals surface area contributed by atoms with E-state index in [1.54, 1.807) is 11.3 Å². The zero-order valence-corrected chi connectivity index (χ0v) is 11.6. The van der Waals surface area contributed by atoms with Gasteiger partial charge in [-0.1, -0.05) is 36.4 Å². The Morgan fingerprint density at radius 2 is 1.50 bits per heavy atom. The highest BCUT2D eigenvalue weighted by molar-refractivity contribution is 7.10. The Bertz CT molecular complexity index is 645. The molecule has 1 N–H and O–H groups in total. The molecule has 1 heterocycles. The summed E-state index contributed by atoms with van der Waals surface area (Å²) in [5.41, 5.74) is 0.868. The second-order valence-electron chi connectivity index (χ2n) is 4.40. The Morgan fingerprint density at radius 1 is 0.800 bits per heavy atom. The van der Waals surface area contributed by atoms with Gasteiger partial charge in [0.25, 0.3) is 0 Å². The van der Waals surface area contributed by atoms with Gasteiger partial charge in [0.1, 0.15) is 17.6 Å². The van der Waals surface area contributed by atoms with Gasteiger partial charge in [0, 0.05) is 4.88 Å². The van der Waals surface area contributed by atoms with E-state index < -0.39 is 6.10 Å². The number of hydrogen-bond donors (Lipinski definition) is 1. The fourth-order valence-corrected chi connectivity index (χ4v) is 2.69. The van der Waals surface area contributed by atoms with E-state index in [1.165, 1.54) is 0 Å². The first kappa shape index (κ1) is 12.9. The molecule has 0 unspecified atom stereocenters. The second-order valence-corrected chi connectivity index (χ2v) is 5.38. The van der Waals surface area contributed by atoms with Crippen molar-refractivity contribution in [1.29, 1.82) is 0 Å². The summed E-state index contributed by atoms with van der Waals surface area (Å²) in [6.45, 7) is 0. The van der Waals surface area contributed by atoms with Crippen LogP contribution in [0.5, 0.6) is 11.5 Å². The minimum absolute atomic E-state index is 0.569. The quantitative estimate of drug-likeness (QED) is 0.756. The van der Waals surface area contributed by atoms with Gasteiger partial charge in [0.15, 0.2) is 0 Å². The van der Waals surface area contributed by atoms with Crippen LogP contribution in [0.25, 0.3) is 0 Å². The predicted molar refractivity (Wildman–Crippen MR) is 81.3 cm³/mol. The minimum atomic E-state index is -0.569. The summed E-state index contributed by atoms with van der Waals surface area (Å²) in [7, 11) is 0. The fraction of sp³-hybridized carbons (Fsp3) is 0.0588. The van der Waals surface area contributed by atoms with Crippen LogP contribution in [0.2, 0.25) is 0 Å². The van der Waals surface area contributed by atoms with Gasteiger partial charge in [-0.25, -0.2) is 0 Å². The van der Waals surface area contributed by atoms with Crippen LogP contribution in [0.1, 0.15) is 16.5 Å². The van der Waals surface area contributed by atoms with Crippen molar-refractivity contribution in [2.45, 2.75) is 6.10 Å². The normalized spacial score (nSPS) is 12.1. The highest BCUT2D eigenvalue weighted by atomic mass is 32.1. The maximum Gasteiger partial charge on any atom is 0.127 e. The third-order valence-corrected chi connectivity index (χ3v) is 3.91. The third kappa shape index (κ3) is 2.90. The van der Waals surface area contributed by atoms with E-state index in [9.17, 15) is 5.11 Å². The summed E-state index contributed by atoms with van der Waals surface area (Å²) >= 11 is 1.55. The largest absolute Gasteiger partial charge is 0.457 e. The van der Waals surface area contributed by atoms with Gasteiger partial charge in [0.05, 0.1) is 0 Å². The minimum Gasteiger partial charge on any atom is -0.457 e. The molecule has 3 heteroatoms. The lowest BCUT2D eigenvalue weighted by Crippen LogP contribution is -1.96. The summed E-state index contributed by atoms with van der Waals surface area (Å²) in [6, 6.07) is 21.0. The Hall–Kier alpha value is -2.10. The highest BCUT2D eigenvalue weighted by Crippen LogP contribution is 2.28. The Morgan fingerprint density at radius 3 is 2.15 bits per heavy atom. The van der Waals surface area contributed by atoms with Crippen molar-refractivity contribution in [1.82, 2.24) is 0 Å². The second kappa shape index (κ2) is 5.90. The molecule has 2 aromatic carbocycles. The van der Waals surface area contributed by atoms with Gasteiger partial charge < -0.3 is 9.84 Å². The molecule has 1 aromatic heterocycles. The van der Waals surface area contributed by atoms with Crippen LogP contribution in [-0.2, 0) is 0 Å². The summed E-state index contributed by atoms with van der Waals surface area (Å²) in [4.78, 5) is 0.946. The Kier molecular flexibility index (Phi) is 3.81. The van der Waals surface area contributed by atoms with Crippen molar-refractivity contribution in [3.8, 4) is 11.5 Å². The predicted octanol–water partition coefficient (Wildman–Crippen LogP) is 4.62. The number of aliphatic hydroxyl groups excluding tert-OH is 1. The molecule has 0 aliphatic rings. The highest BCUT2D eigenvalue weighted by Gasteiger charge is 2.11. The van der Waals surface area contributed by atoms with Crippen LogP contribution in [0.15, 0.2) is 72.1 Å². The summed E-state index contributed by atoms with van der Waals surface area (Å²) in [5.74, 6) is 1.57. The van der Waals surface area contributed by atoms with Gasteiger partial charge in [-0.2, -0.15) is 0 Å². The zero-order chi connectivity index (χ0) is 13.8. The Labute approximate surface area is 121 Å². The van der Waals surface area contributed by atoms with Crippen molar-refractivity contribution >= 4 is 11.3 Å². The van der Waals surface area contributed by atoms with E-state index in [4.69, 9.17) is 4.74 Å². The molecule has 0 aliphatic heterocycles. The molecular weight excluding hydrogens is 268 g/mol. The van der Waals surface area contributed by atoms with E-state index in [0.29, 0.717) is 0 Å². The lowest BCUT2D eigenvalue weighted by molar-refractivity contribution is 0.224. The SMILES string of the molecule is O[C@@H](c1ccc(Oc2ccccc2)cc1)c1cccs1. The lowest BCUT2D eigenvalue weighted by atomic mass is 10.1. The van der Waals surface area contributed by atoms with Crippen LogP contribution >= 0.6 is 11.3 Å². The molecular formula is C17H14O2S. The first-order chi connectivity index (χ1) is 9.83. The molecule has 0 fully saturated rings. The third-order valence-electron chi connectivity index (χ3n) is 2.99. The van der Waals surface area contributed by atoms with Crippen LogP contribution < -0.4 is 4.74 Å². The molecule has 0 spiro atoms. The Balaban J connectivity index is 1.75. The monoisotopic (exact) mass is 282 g/mol. The molecule has 3 aromatic rings. The van der Waals surface area contributed by atoms with E-state index in [0.717, 1.165) is 21.9 Å². The molecule has 2 nitrogen and oxygen atoms in total. The molecule has 20 heavy (non-hydrogen) atoms. The van der Waals surface area contributed by atoms with E-state index in [1.807, 2.05) is 72.1 Å². The van der Waals surface area contributed by atoms with Crippen LogP contribution in [0, 0.1) is 0 Å². The molecule has 0 saturated heterocycles. The average Bonchev–Trinajstić information content (AvgIpc) is 3.03. The number of hydrogen-bond acceptors (Lipinski definition) is 3. The van der Waals surface area contributed by atoms with Crippen molar-refractivity contribution in [2.24, 2.45) is 0 Å². The van der Waals surface area contributed by atoms with Crippen molar-refractivity contribution < 1.29 is 9.84 Å². The molecule has 0 amide bonds. The first-order valence-corrected chi connectivity index (χ1v) is 7.25. The van der Waals surface area contributed by atoms with Gasteiger partial charge in [-0.3, -0.25) is 0 Å².